The minimum Gasteiger partial charge on any atom is -0.376 e. The topological polar surface area (TPSA) is 70.2 Å². The van der Waals surface area contributed by atoms with Crippen LogP contribution in [0.4, 0.5) is 17.1 Å². The summed E-state index contributed by atoms with van der Waals surface area (Å²) in [5.41, 5.74) is 5.87. The van der Waals surface area contributed by atoms with E-state index in [1.54, 1.807) is 31.2 Å². The van der Waals surface area contributed by atoms with Crippen molar-refractivity contribution in [3.05, 3.63) is 53.1 Å². The third-order valence-corrected chi connectivity index (χ3v) is 3.88. The molecular weight excluding hydrogens is 314 g/mol. The summed E-state index contributed by atoms with van der Waals surface area (Å²) in [5.74, 6) is -0.158. The van der Waals surface area contributed by atoms with Gasteiger partial charge in [0, 0.05) is 23.5 Å². The Morgan fingerprint density at radius 2 is 1.32 bits per heavy atom. The van der Waals surface area contributed by atoms with Crippen molar-refractivity contribution >= 4 is 28.9 Å². The van der Waals surface area contributed by atoms with Gasteiger partial charge in [0.1, 0.15) is 0 Å². The van der Waals surface area contributed by atoms with Crippen LogP contribution in [0, 0.1) is 20.8 Å². The molecule has 0 saturated heterocycles. The molecule has 3 N–H and O–H groups in total. The van der Waals surface area contributed by atoms with Crippen LogP contribution in [0.1, 0.15) is 30.0 Å². The van der Waals surface area contributed by atoms with Gasteiger partial charge in [0.2, 0.25) is 11.8 Å². The quantitative estimate of drug-likeness (QED) is 0.745. The highest BCUT2D eigenvalue weighted by Gasteiger charge is 2.07. The van der Waals surface area contributed by atoms with Gasteiger partial charge in [-0.3, -0.25) is 9.59 Å². The molecule has 2 aromatic carbocycles. The molecule has 5 nitrogen and oxygen atoms in total. The third kappa shape index (κ3) is 5.35. The second-order valence-electron chi connectivity index (χ2n) is 6.15. The molecule has 0 heterocycles. The molecule has 0 radical (unpaired) electrons. The van der Waals surface area contributed by atoms with Crippen LogP contribution >= 0.6 is 0 Å². The summed E-state index contributed by atoms with van der Waals surface area (Å²) in [4.78, 5) is 23.5. The Morgan fingerprint density at radius 3 is 1.80 bits per heavy atom. The first kappa shape index (κ1) is 18.5. The average molecular weight is 339 g/mol. The zero-order valence-corrected chi connectivity index (χ0v) is 15.2. The van der Waals surface area contributed by atoms with Crippen molar-refractivity contribution in [2.45, 2.75) is 34.1 Å². The Kier molecular flexibility index (Phi) is 6.17. The molecule has 5 heteroatoms. The minimum absolute atomic E-state index is 0.0372. The predicted molar refractivity (Wildman–Crippen MR) is 103 cm³/mol. The Balaban J connectivity index is 1.91. The second-order valence-corrected chi connectivity index (χ2v) is 6.15. The maximum atomic E-state index is 12.1. The predicted octanol–water partition coefficient (Wildman–Crippen LogP) is 4.01. The first-order chi connectivity index (χ1) is 11.9. The first-order valence-electron chi connectivity index (χ1n) is 8.40. The van der Waals surface area contributed by atoms with E-state index in [-0.39, 0.29) is 18.4 Å². The van der Waals surface area contributed by atoms with Crippen LogP contribution in [-0.4, -0.2) is 18.4 Å². The zero-order chi connectivity index (χ0) is 18.4. The molecule has 0 aliphatic heterocycles. The van der Waals surface area contributed by atoms with Gasteiger partial charge in [0.25, 0.3) is 0 Å². The number of benzene rings is 2. The van der Waals surface area contributed by atoms with Crippen LogP contribution in [0.2, 0.25) is 0 Å². The molecule has 0 aliphatic carbocycles. The molecular formula is C20H25N3O2. The van der Waals surface area contributed by atoms with Gasteiger partial charge < -0.3 is 16.0 Å². The summed E-state index contributed by atoms with van der Waals surface area (Å²) in [5, 5.41) is 8.82. The van der Waals surface area contributed by atoms with E-state index in [1.807, 2.05) is 13.8 Å². The smallest absolute Gasteiger partial charge is 0.243 e. The molecule has 132 valence electrons. The first-order valence-corrected chi connectivity index (χ1v) is 8.40. The summed E-state index contributed by atoms with van der Waals surface area (Å²) in [6.07, 6.45) is 0.433. The van der Waals surface area contributed by atoms with Crippen molar-refractivity contribution < 1.29 is 9.59 Å². The van der Waals surface area contributed by atoms with Crippen molar-refractivity contribution in [1.82, 2.24) is 0 Å². The molecule has 2 aromatic rings. The van der Waals surface area contributed by atoms with Crippen LogP contribution in [0.5, 0.6) is 0 Å². The van der Waals surface area contributed by atoms with Gasteiger partial charge in [-0.1, -0.05) is 24.6 Å². The number of aryl methyl sites for hydroxylation is 3. The molecule has 0 atom stereocenters. The molecule has 25 heavy (non-hydrogen) atoms. The summed E-state index contributed by atoms with van der Waals surface area (Å²) < 4.78 is 0. The lowest BCUT2D eigenvalue weighted by Crippen LogP contribution is -2.22. The Bertz CT molecular complexity index is 744. The molecule has 0 unspecified atom stereocenters. The van der Waals surface area contributed by atoms with Crippen LogP contribution in [0.15, 0.2) is 36.4 Å². The van der Waals surface area contributed by atoms with Crippen LogP contribution in [0.25, 0.3) is 0 Å². The van der Waals surface area contributed by atoms with Crippen molar-refractivity contribution in [1.29, 1.82) is 0 Å². The van der Waals surface area contributed by atoms with Gasteiger partial charge in [-0.2, -0.15) is 0 Å². The fourth-order valence-electron chi connectivity index (χ4n) is 2.72. The van der Waals surface area contributed by atoms with Gasteiger partial charge in [-0.25, -0.2) is 0 Å². The van der Waals surface area contributed by atoms with E-state index in [2.05, 4.69) is 35.0 Å². The second kappa shape index (κ2) is 8.33. The van der Waals surface area contributed by atoms with Gasteiger partial charge in [-0.15, -0.1) is 0 Å². The molecule has 0 saturated carbocycles. The zero-order valence-electron chi connectivity index (χ0n) is 15.2. The van der Waals surface area contributed by atoms with E-state index in [0.717, 1.165) is 16.8 Å². The molecule has 0 aliphatic rings. The Morgan fingerprint density at radius 1 is 0.840 bits per heavy atom. The van der Waals surface area contributed by atoms with Gasteiger partial charge in [-0.05, 0) is 56.2 Å². The largest absolute Gasteiger partial charge is 0.376 e. The average Bonchev–Trinajstić information content (AvgIpc) is 2.55. The number of hydrogen-bond donors (Lipinski definition) is 3. The molecule has 2 rings (SSSR count). The number of rotatable bonds is 6. The maximum absolute atomic E-state index is 12.1. The van der Waals surface area contributed by atoms with E-state index in [0.29, 0.717) is 17.8 Å². The monoisotopic (exact) mass is 339 g/mol. The molecule has 2 amide bonds. The lowest BCUT2D eigenvalue weighted by molar-refractivity contribution is -0.116. The van der Waals surface area contributed by atoms with E-state index in [1.165, 1.54) is 5.56 Å². The number of carbonyl (C=O) groups excluding carboxylic acids is 2. The lowest BCUT2D eigenvalue weighted by atomic mass is 10.1. The van der Waals surface area contributed by atoms with E-state index >= 15 is 0 Å². The number of anilines is 3. The van der Waals surface area contributed by atoms with Crippen LogP contribution < -0.4 is 16.0 Å². The fourth-order valence-corrected chi connectivity index (χ4v) is 2.72. The highest BCUT2D eigenvalue weighted by molar-refractivity contribution is 5.95. The summed E-state index contributed by atoms with van der Waals surface area (Å²) in [7, 11) is 0. The third-order valence-electron chi connectivity index (χ3n) is 3.88. The number of amides is 2. The highest BCUT2D eigenvalue weighted by atomic mass is 16.2. The number of nitrogens with one attached hydrogen (secondary N) is 3. The van der Waals surface area contributed by atoms with Crippen molar-refractivity contribution in [3.63, 3.8) is 0 Å². The molecule has 0 spiro atoms. The lowest BCUT2D eigenvalue weighted by Gasteiger charge is -2.14. The van der Waals surface area contributed by atoms with Crippen LogP contribution in [0.3, 0.4) is 0 Å². The summed E-state index contributed by atoms with van der Waals surface area (Å²) >= 11 is 0. The summed E-state index contributed by atoms with van der Waals surface area (Å²) in [6.45, 7) is 8.11. The highest BCUT2D eigenvalue weighted by Crippen LogP contribution is 2.21. The normalized spacial score (nSPS) is 10.2. The molecule has 0 bridgehead atoms. The van der Waals surface area contributed by atoms with Gasteiger partial charge >= 0.3 is 0 Å². The van der Waals surface area contributed by atoms with Crippen molar-refractivity contribution in [3.8, 4) is 0 Å². The number of hydrogen-bond acceptors (Lipinski definition) is 3. The Labute approximate surface area is 148 Å². The van der Waals surface area contributed by atoms with Crippen molar-refractivity contribution in [2.75, 3.05) is 22.5 Å². The van der Waals surface area contributed by atoms with Gasteiger partial charge in [0.05, 0.1) is 6.54 Å². The summed E-state index contributed by atoms with van der Waals surface area (Å²) in [6, 6.07) is 11.3. The van der Waals surface area contributed by atoms with Gasteiger partial charge in [0.15, 0.2) is 0 Å². The maximum Gasteiger partial charge on any atom is 0.243 e. The molecule has 0 fully saturated rings. The standard InChI is InChI=1S/C20H25N3O2/c1-5-18(24)22-16-6-8-17(9-7-16)23-19(25)12-21-20-14(3)10-13(2)11-15(20)4/h6-11,21H,5,12H2,1-4H3,(H,22,24)(H,23,25). The van der Waals surface area contributed by atoms with Crippen molar-refractivity contribution in [2.24, 2.45) is 0 Å². The minimum atomic E-state index is -0.121. The SMILES string of the molecule is CCC(=O)Nc1ccc(NC(=O)CNc2c(C)cc(C)cc2C)cc1. The van der Waals surface area contributed by atoms with E-state index < -0.39 is 0 Å². The van der Waals surface area contributed by atoms with E-state index in [4.69, 9.17) is 0 Å². The molecule has 0 aromatic heterocycles. The fraction of sp³-hybridized carbons (Fsp3) is 0.300. The number of carbonyl (C=O) groups is 2. The van der Waals surface area contributed by atoms with E-state index in [9.17, 15) is 9.59 Å². The Hall–Kier alpha value is -2.82. The van der Waals surface area contributed by atoms with Crippen LogP contribution in [-0.2, 0) is 9.59 Å².